The molecule has 1 saturated heterocycles. The first-order valence-corrected chi connectivity index (χ1v) is 7.01. The summed E-state index contributed by atoms with van der Waals surface area (Å²) in [5.74, 6) is 0.861. The topological polar surface area (TPSA) is 9.23 Å². The van der Waals surface area contributed by atoms with Gasteiger partial charge in [-0.1, -0.05) is 51.9 Å². The summed E-state index contributed by atoms with van der Waals surface area (Å²) in [6.07, 6.45) is 13.9. The van der Waals surface area contributed by atoms with Crippen molar-refractivity contribution < 1.29 is 4.74 Å². The molecule has 0 bridgehead atoms. The van der Waals surface area contributed by atoms with Gasteiger partial charge in [-0.2, -0.15) is 0 Å². The van der Waals surface area contributed by atoms with Crippen molar-refractivity contribution in [2.45, 2.75) is 71.1 Å². The van der Waals surface area contributed by atoms with E-state index < -0.39 is 0 Å². The molecule has 0 saturated carbocycles. The fraction of sp³-hybridized carbons (Fsp3) is 1.00. The van der Waals surface area contributed by atoms with Crippen molar-refractivity contribution in [1.29, 1.82) is 0 Å². The Morgan fingerprint density at radius 1 is 1.00 bits per heavy atom. The van der Waals surface area contributed by atoms with Crippen molar-refractivity contribution in [3.8, 4) is 0 Å². The lowest BCUT2D eigenvalue weighted by atomic mass is 9.95. The summed E-state index contributed by atoms with van der Waals surface area (Å²) in [5, 5.41) is 0. The SMILES string of the molecule is CCCCCCC1CCCCCCOC1. The third kappa shape index (κ3) is 6.94. The van der Waals surface area contributed by atoms with Crippen LogP contribution in [0.15, 0.2) is 0 Å². The zero-order valence-corrected chi connectivity index (χ0v) is 10.5. The monoisotopic (exact) mass is 212 g/mol. The van der Waals surface area contributed by atoms with Crippen LogP contribution < -0.4 is 0 Å². The zero-order chi connectivity index (χ0) is 10.8. The predicted molar refractivity (Wildman–Crippen MR) is 66.2 cm³/mol. The minimum Gasteiger partial charge on any atom is -0.381 e. The molecule has 1 heterocycles. The lowest BCUT2D eigenvalue weighted by Gasteiger charge is -2.15. The van der Waals surface area contributed by atoms with Crippen molar-refractivity contribution in [3.05, 3.63) is 0 Å². The van der Waals surface area contributed by atoms with E-state index in [1.807, 2.05) is 0 Å². The maximum Gasteiger partial charge on any atom is 0.0494 e. The predicted octanol–water partition coefficient (Wildman–Crippen LogP) is 4.55. The molecular weight excluding hydrogens is 184 g/mol. The Bertz CT molecular complexity index is 123. The van der Waals surface area contributed by atoms with Gasteiger partial charge in [-0.3, -0.25) is 0 Å². The van der Waals surface area contributed by atoms with Gasteiger partial charge < -0.3 is 4.74 Å². The van der Waals surface area contributed by atoms with Gasteiger partial charge in [0.15, 0.2) is 0 Å². The van der Waals surface area contributed by atoms with Gasteiger partial charge in [0.25, 0.3) is 0 Å². The Hall–Kier alpha value is -0.0400. The van der Waals surface area contributed by atoms with Crippen LogP contribution in [0.3, 0.4) is 0 Å². The average molecular weight is 212 g/mol. The quantitative estimate of drug-likeness (QED) is 0.607. The number of unbranched alkanes of at least 4 members (excludes halogenated alkanes) is 3. The van der Waals surface area contributed by atoms with E-state index in [1.54, 1.807) is 0 Å². The second kappa shape index (κ2) is 9.21. The van der Waals surface area contributed by atoms with E-state index in [4.69, 9.17) is 4.74 Å². The highest BCUT2D eigenvalue weighted by Gasteiger charge is 2.10. The Kier molecular flexibility index (Phi) is 7.99. The molecule has 0 N–H and O–H groups in total. The van der Waals surface area contributed by atoms with Crippen molar-refractivity contribution in [3.63, 3.8) is 0 Å². The lowest BCUT2D eigenvalue weighted by Crippen LogP contribution is -2.09. The minimum absolute atomic E-state index is 0.861. The molecule has 1 fully saturated rings. The molecule has 1 aliphatic heterocycles. The summed E-state index contributed by atoms with van der Waals surface area (Å²) in [7, 11) is 0. The second-order valence-corrected chi connectivity index (χ2v) is 4.99. The van der Waals surface area contributed by atoms with E-state index >= 15 is 0 Å². The third-order valence-corrected chi connectivity index (χ3v) is 3.47. The van der Waals surface area contributed by atoms with E-state index in [0.29, 0.717) is 0 Å². The summed E-state index contributed by atoms with van der Waals surface area (Å²) < 4.78 is 5.72. The maximum absolute atomic E-state index is 5.72. The van der Waals surface area contributed by atoms with Crippen LogP contribution in [0.5, 0.6) is 0 Å². The zero-order valence-electron chi connectivity index (χ0n) is 10.5. The van der Waals surface area contributed by atoms with Gasteiger partial charge in [0, 0.05) is 13.2 Å². The van der Waals surface area contributed by atoms with Crippen molar-refractivity contribution in [2.75, 3.05) is 13.2 Å². The summed E-state index contributed by atoms with van der Waals surface area (Å²) in [4.78, 5) is 0. The Morgan fingerprint density at radius 2 is 1.87 bits per heavy atom. The highest BCUT2D eigenvalue weighted by atomic mass is 16.5. The first-order chi connectivity index (χ1) is 7.43. The normalized spacial score (nSPS) is 24.2. The number of rotatable bonds is 5. The Morgan fingerprint density at radius 3 is 2.73 bits per heavy atom. The fourth-order valence-corrected chi connectivity index (χ4v) is 2.41. The number of ether oxygens (including phenoxy) is 1. The van der Waals surface area contributed by atoms with Gasteiger partial charge in [-0.25, -0.2) is 0 Å². The van der Waals surface area contributed by atoms with Gasteiger partial charge in [0.1, 0.15) is 0 Å². The van der Waals surface area contributed by atoms with Gasteiger partial charge in [-0.15, -0.1) is 0 Å². The van der Waals surface area contributed by atoms with Gasteiger partial charge in [0.2, 0.25) is 0 Å². The number of hydrogen-bond acceptors (Lipinski definition) is 1. The molecule has 1 rings (SSSR count). The van der Waals surface area contributed by atoms with Crippen molar-refractivity contribution in [1.82, 2.24) is 0 Å². The first-order valence-electron chi connectivity index (χ1n) is 7.01. The Labute approximate surface area is 95.6 Å². The molecule has 1 unspecified atom stereocenters. The van der Waals surface area contributed by atoms with Crippen LogP contribution >= 0.6 is 0 Å². The smallest absolute Gasteiger partial charge is 0.0494 e. The third-order valence-electron chi connectivity index (χ3n) is 3.47. The molecule has 1 aliphatic rings. The van der Waals surface area contributed by atoms with Crippen LogP contribution in [0, 0.1) is 5.92 Å². The average Bonchev–Trinajstić information content (AvgIpc) is 2.38. The summed E-state index contributed by atoms with van der Waals surface area (Å²) in [6.45, 7) is 4.32. The molecule has 0 aliphatic carbocycles. The highest BCUT2D eigenvalue weighted by molar-refractivity contribution is 4.61. The fourth-order valence-electron chi connectivity index (χ4n) is 2.41. The molecule has 15 heavy (non-hydrogen) atoms. The van der Waals surface area contributed by atoms with E-state index in [2.05, 4.69) is 6.92 Å². The molecule has 0 aromatic carbocycles. The molecule has 0 spiro atoms. The van der Waals surface area contributed by atoms with Crippen LogP contribution in [0.25, 0.3) is 0 Å². The number of hydrogen-bond donors (Lipinski definition) is 0. The standard InChI is InChI=1S/C14H28O/c1-2-3-4-7-10-14-11-8-5-6-9-12-15-13-14/h14H,2-13H2,1H3. The maximum atomic E-state index is 5.72. The summed E-state index contributed by atoms with van der Waals surface area (Å²) >= 11 is 0. The molecule has 0 amide bonds. The molecule has 1 nitrogen and oxygen atoms in total. The molecule has 90 valence electrons. The molecule has 1 heteroatoms. The highest BCUT2D eigenvalue weighted by Crippen LogP contribution is 2.20. The van der Waals surface area contributed by atoms with Crippen LogP contribution in [-0.2, 0) is 4.74 Å². The van der Waals surface area contributed by atoms with Crippen molar-refractivity contribution >= 4 is 0 Å². The van der Waals surface area contributed by atoms with Gasteiger partial charge in [0.05, 0.1) is 0 Å². The lowest BCUT2D eigenvalue weighted by molar-refractivity contribution is 0.0942. The first kappa shape index (κ1) is 13.0. The molecular formula is C14H28O. The summed E-state index contributed by atoms with van der Waals surface area (Å²) in [6, 6.07) is 0. The van der Waals surface area contributed by atoms with E-state index in [9.17, 15) is 0 Å². The second-order valence-electron chi connectivity index (χ2n) is 4.99. The van der Waals surface area contributed by atoms with Crippen molar-refractivity contribution in [2.24, 2.45) is 5.92 Å². The Balaban J connectivity index is 2.07. The molecule has 0 aromatic heterocycles. The molecule has 0 radical (unpaired) electrons. The largest absolute Gasteiger partial charge is 0.381 e. The van der Waals surface area contributed by atoms with Crippen LogP contribution in [0.2, 0.25) is 0 Å². The van der Waals surface area contributed by atoms with Crippen LogP contribution in [0.1, 0.15) is 71.1 Å². The van der Waals surface area contributed by atoms with E-state index in [0.717, 1.165) is 19.1 Å². The van der Waals surface area contributed by atoms with Crippen LogP contribution in [0.4, 0.5) is 0 Å². The molecule has 1 atom stereocenters. The van der Waals surface area contributed by atoms with Gasteiger partial charge in [-0.05, 0) is 25.2 Å². The van der Waals surface area contributed by atoms with E-state index in [-0.39, 0.29) is 0 Å². The van der Waals surface area contributed by atoms with E-state index in [1.165, 1.54) is 64.2 Å². The van der Waals surface area contributed by atoms with Crippen LogP contribution in [-0.4, -0.2) is 13.2 Å². The molecule has 0 aromatic rings. The minimum atomic E-state index is 0.861. The van der Waals surface area contributed by atoms with Gasteiger partial charge >= 0.3 is 0 Å². The summed E-state index contributed by atoms with van der Waals surface area (Å²) in [5.41, 5.74) is 0.